The molecule has 1 unspecified atom stereocenters. The van der Waals surface area contributed by atoms with E-state index in [2.05, 4.69) is 20.4 Å². The van der Waals surface area contributed by atoms with Crippen LogP contribution >= 0.6 is 0 Å². The monoisotopic (exact) mass is 381 g/mol. The first kappa shape index (κ1) is 18.7. The largest absolute Gasteiger partial charge is 0.376 e. The molecule has 2 aliphatic heterocycles. The maximum absolute atomic E-state index is 12.6. The summed E-state index contributed by atoms with van der Waals surface area (Å²) >= 11 is 0. The molecule has 0 spiro atoms. The first-order valence-electron chi connectivity index (χ1n) is 9.99. The molecule has 7 nitrogen and oxygen atoms in total. The number of anilines is 2. The van der Waals surface area contributed by atoms with Crippen molar-refractivity contribution in [2.45, 2.75) is 25.9 Å². The number of hydrogen-bond acceptors (Lipinski definition) is 6. The number of nitrogens with one attached hydrogen (secondary N) is 1. The molecule has 0 saturated carbocycles. The lowest BCUT2D eigenvalue weighted by Gasteiger charge is -2.35. The van der Waals surface area contributed by atoms with Crippen molar-refractivity contribution in [3.63, 3.8) is 0 Å². The number of rotatable bonds is 5. The Bertz CT molecular complexity index is 779. The van der Waals surface area contributed by atoms with Crippen molar-refractivity contribution in [1.29, 1.82) is 0 Å². The highest BCUT2D eigenvalue weighted by molar-refractivity contribution is 5.94. The van der Waals surface area contributed by atoms with Gasteiger partial charge in [0.2, 0.25) is 0 Å². The Hall–Kier alpha value is -2.67. The molecule has 4 rings (SSSR count). The van der Waals surface area contributed by atoms with Gasteiger partial charge in [-0.3, -0.25) is 4.79 Å². The van der Waals surface area contributed by atoms with Gasteiger partial charge in [-0.2, -0.15) is 0 Å². The van der Waals surface area contributed by atoms with E-state index in [0.29, 0.717) is 13.1 Å². The van der Waals surface area contributed by atoms with E-state index in [0.717, 1.165) is 61.8 Å². The van der Waals surface area contributed by atoms with Crippen LogP contribution in [0.25, 0.3) is 0 Å². The van der Waals surface area contributed by atoms with Crippen LogP contribution in [0.4, 0.5) is 11.6 Å². The number of piperazine rings is 1. The van der Waals surface area contributed by atoms with E-state index in [1.807, 2.05) is 48.2 Å². The fraction of sp³-hybridized carbons (Fsp3) is 0.476. The second kappa shape index (κ2) is 8.56. The van der Waals surface area contributed by atoms with E-state index in [1.54, 1.807) is 0 Å². The van der Waals surface area contributed by atoms with Crippen LogP contribution in [0.5, 0.6) is 0 Å². The number of amides is 1. The molecule has 1 atom stereocenters. The molecule has 2 aliphatic rings. The standard InChI is InChI=1S/C21H27N5O2/c1-16-4-6-17(7-5-16)21(27)26-12-10-25(11-13-26)20-9-8-19(23-24-20)22-15-18-3-2-14-28-18/h4-9,18H,2-3,10-15H2,1H3,(H,22,23). The van der Waals surface area contributed by atoms with Gasteiger partial charge < -0.3 is 19.9 Å². The number of aryl methyl sites for hydroxylation is 1. The van der Waals surface area contributed by atoms with E-state index in [-0.39, 0.29) is 12.0 Å². The maximum Gasteiger partial charge on any atom is 0.253 e. The van der Waals surface area contributed by atoms with Crippen LogP contribution in [-0.2, 0) is 4.74 Å². The van der Waals surface area contributed by atoms with Gasteiger partial charge in [0.05, 0.1) is 6.10 Å². The Kier molecular flexibility index (Phi) is 5.71. The number of nitrogens with zero attached hydrogens (tertiary/aromatic N) is 4. The fourth-order valence-corrected chi connectivity index (χ4v) is 3.63. The van der Waals surface area contributed by atoms with Crippen LogP contribution in [0.15, 0.2) is 36.4 Å². The van der Waals surface area contributed by atoms with Crippen LogP contribution < -0.4 is 10.2 Å². The molecule has 3 heterocycles. The van der Waals surface area contributed by atoms with Gasteiger partial charge in [-0.15, -0.1) is 10.2 Å². The summed E-state index contributed by atoms with van der Waals surface area (Å²) in [6.07, 6.45) is 2.51. The van der Waals surface area contributed by atoms with Crippen molar-refractivity contribution in [3.8, 4) is 0 Å². The first-order chi connectivity index (χ1) is 13.7. The molecule has 148 valence electrons. The third-order valence-corrected chi connectivity index (χ3v) is 5.37. The second-order valence-electron chi connectivity index (χ2n) is 7.44. The van der Waals surface area contributed by atoms with Gasteiger partial charge in [0, 0.05) is 44.9 Å². The summed E-state index contributed by atoms with van der Waals surface area (Å²) in [7, 11) is 0. The zero-order chi connectivity index (χ0) is 19.3. The minimum absolute atomic E-state index is 0.0967. The summed E-state index contributed by atoms with van der Waals surface area (Å²) in [5.41, 5.74) is 1.91. The molecule has 0 bridgehead atoms. The smallest absolute Gasteiger partial charge is 0.253 e. The SMILES string of the molecule is Cc1ccc(C(=O)N2CCN(c3ccc(NCC4CCCO4)nn3)CC2)cc1. The highest BCUT2D eigenvalue weighted by atomic mass is 16.5. The van der Waals surface area contributed by atoms with E-state index in [9.17, 15) is 4.79 Å². The van der Waals surface area contributed by atoms with Crippen molar-refractivity contribution in [2.75, 3.05) is 49.5 Å². The van der Waals surface area contributed by atoms with E-state index < -0.39 is 0 Å². The number of aromatic nitrogens is 2. The highest BCUT2D eigenvalue weighted by Crippen LogP contribution is 2.17. The summed E-state index contributed by atoms with van der Waals surface area (Å²) in [5, 5.41) is 11.9. The third-order valence-electron chi connectivity index (χ3n) is 5.37. The Labute approximate surface area is 165 Å². The van der Waals surface area contributed by atoms with Gasteiger partial charge in [0.25, 0.3) is 5.91 Å². The minimum Gasteiger partial charge on any atom is -0.376 e. The normalized spacial score (nSPS) is 19.7. The van der Waals surface area contributed by atoms with Crippen molar-refractivity contribution in [2.24, 2.45) is 0 Å². The number of carbonyl (C=O) groups is 1. The molecule has 2 fully saturated rings. The summed E-state index contributed by atoms with van der Waals surface area (Å²) in [6.45, 7) is 6.55. The third kappa shape index (κ3) is 4.42. The fourth-order valence-electron chi connectivity index (χ4n) is 3.63. The Morgan fingerprint density at radius 1 is 1.11 bits per heavy atom. The second-order valence-corrected chi connectivity index (χ2v) is 7.44. The number of benzene rings is 1. The van der Waals surface area contributed by atoms with Crippen LogP contribution in [0.2, 0.25) is 0 Å². The molecule has 1 aromatic carbocycles. The van der Waals surface area contributed by atoms with Gasteiger partial charge in [-0.05, 0) is 44.0 Å². The molecule has 0 aliphatic carbocycles. The van der Waals surface area contributed by atoms with E-state index >= 15 is 0 Å². The lowest BCUT2D eigenvalue weighted by atomic mass is 10.1. The van der Waals surface area contributed by atoms with E-state index in [4.69, 9.17) is 4.74 Å². The van der Waals surface area contributed by atoms with Crippen LogP contribution in [0, 0.1) is 6.92 Å². The van der Waals surface area contributed by atoms with Gasteiger partial charge in [0.15, 0.2) is 5.82 Å². The van der Waals surface area contributed by atoms with Gasteiger partial charge >= 0.3 is 0 Å². The molecule has 2 saturated heterocycles. The molecule has 1 amide bonds. The number of hydrogen-bond donors (Lipinski definition) is 1. The van der Waals surface area contributed by atoms with Crippen molar-refractivity contribution < 1.29 is 9.53 Å². The quantitative estimate of drug-likeness (QED) is 0.857. The summed E-state index contributed by atoms with van der Waals surface area (Å²) in [5.74, 6) is 1.72. The zero-order valence-corrected chi connectivity index (χ0v) is 16.3. The maximum atomic E-state index is 12.6. The summed E-state index contributed by atoms with van der Waals surface area (Å²) < 4.78 is 5.61. The summed E-state index contributed by atoms with van der Waals surface area (Å²) in [6, 6.07) is 11.7. The molecule has 28 heavy (non-hydrogen) atoms. The van der Waals surface area contributed by atoms with E-state index in [1.165, 1.54) is 0 Å². The Morgan fingerprint density at radius 2 is 1.89 bits per heavy atom. The van der Waals surface area contributed by atoms with Gasteiger partial charge in [-0.1, -0.05) is 17.7 Å². The first-order valence-corrected chi connectivity index (χ1v) is 9.99. The predicted molar refractivity (Wildman–Crippen MR) is 109 cm³/mol. The number of ether oxygens (including phenoxy) is 1. The molecule has 1 aromatic heterocycles. The molecular weight excluding hydrogens is 354 g/mol. The summed E-state index contributed by atoms with van der Waals surface area (Å²) in [4.78, 5) is 16.7. The van der Waals surface area contributed by atoms with Crippen molar-refractivity contribution in [1.82, 2.24) is 15.1 Å². The molecule has 0 radical (unpaired) electrons. The van der Waals surface area contributed by atoms with Gasteiger partial charge in [-0.25, -0.2) is 0 Å². The topological polar surface area (TPSA) is 70.6 Å². The molecular formula is C21H27N5O2. The molecule has 2 aromatic rings. The average Bonchev–Trinajstić information content (AvgIpc) is 3.27. The number of carbonyl (C=O) groups excluding carboxylic acids is 1. The molecule has 1 N–H and O–H groups in total. The molecule has 7 heteroatoms. The zero-order valence-electron chi connectivity index (χ0n) is 16.3. The van der Waals surface area contributed by atoms with Crippen LogP contribution in [0.3, 0.4) is 0 Å². The average molecular weight is 381 g/mol. The highest BCUT2D eigenvalue weighted by Gasteiger charge is 2.23. The Morgan fingerprint density at radius 3 is 2.54 bits per heavy atom. The van der Waals surface area contributed by atoms with Crippen molar-refractivity contribution in [3.05, 3.63) is 47.5 Å². The van der Waals surface area contributed by atoms with Gasteiger partial charge in [0.1, 0.15) is 5.82 Å². The Balaban J connectivity index is 1.28. The lowest BCUT2D eigenvalue weighted by molar-refractivity contribution is 0.0746. The van der Waals surface area contributed by atoms with Crippen LogP contribution in [-0.4, -0.2) is 66.4 Å². The lowest BCUT2D eigenvalue weighted by Crippen LogP contribution is -2.49. The van der Waals surface area contributed by atoms with Crippen LogP contribution in [0.1, 0.15) is 28.8 Å². The minimum atomic E-state index is 0.0967. The van der Waals surface area contributed by atoms with Crippen molar-refractivity contribution >= 4 is 17.5 Å². The predicted octanol–water partition coefficient (Wildman–Crippen LogP) is 2.34.